The molecule has 536 valence electrons. The van der Waals surface area contributed by atoms with Crippen molar-refractivity contribution in [3.63, 3.8) is 0 Å². The van der Waals surface area contributed by atoms with Crippen LogP contribution in [0.5, 0.6) is 23.5 Å². The van der Waals surface area contributed by atoms with Gasteiger partial charge in [-0.2, -0.15) is 33.7 Å². The van der Waals surface area contributed by atoms with E-state index < -0.39 is 40.5 Å². The number of aryl methyl sites for hydroxylation is 10. The van der Waals surface area contributed by atoms with Crippen molar-refractivity contribution in [1.29, 1.82) is 0 Å². The summed E-state index contributed by atoms with van der Waals surface area (Å²) in [5.74, 6) is -0.174. The van der Waals surface area contributed by atoms with Gasteiger partial charge >= 0.3 is 40.5 Å². The normalized spacial score (nSPS) is 11.4. The summed E-state index contributed by atoms with van der Waals surface area (Å²) in [5.41, 5.74) is 25.8. The predicted octanol–water partition coefficient (Wildman–Crippen LogP) is 16.3. The molecule has 0 fully saturated rings. The van der Waals surface area contributed by atoms with Gasteiger partial charge in [-0.1, -0.05) is 144 Å². The molecule has 4 heterocycles. The van der Waals surface area contributed by atoms with E-state index in [1.54, 1.807) is 0 Å². The van der Waals surface area contributed by atoms with E-state index in [2.05, 4.69) is 106 Å². The van der Waals surface area contributed by atoms with Crippen LogP contribution in [-0.2, 0) is 40.5 Å². The fourth-order valence-electron chi connectivity index (χ4n) is 11.3. The first-order chi connectivity index (χ1) is 48.9. The maximum absolute atomic E-state index is 11.6. The quantitative estimate of drug-likeness (QED) is 0.0813. The van der Waals surface area contributed by atoms with E-state index >= 15 is 0 Å². The Morgan fingerprint density at radius 3 is 0.808 bits per heavy atom. The first-order valence-electron chi connectivity index (χ1n) is 32.6. The van der Waals surface area contributed by atoms with Crippen molar-refractivity contribution in [3.8, 4) is 114 Å². The van der Waals surface area contributed by atoms with E-state index in [9.17, 15) is 33.7 Å². The molecule has 0 aliphatic heterocycles. The van der Waals surface area contributed by atoms with E-state index in [4.69, 9.17) is 16.7 Å². The highest BCUT2D eigenvalue weighted by Gasteiger charge is 2.22. The van der Waals surface area contributed by atoms with Crippen LogP contribution in [0, 0.1) is 83.1 Å². The topological polar surface area (TPSA) is 277 Å². The maximum Gasteiger partial charge on any atom is 0.307 e. The van der Waals surface area contributed by atoms with Crippen LogP contribution in [0.4, 0.5) is 0 Å². The van der Waals surface area contributed by atoms with Crippen molar-refractivity contribution in [2.45, 2.75) is 83.1 Å². The van der Waals surface area contributed by atoms with Gasteiger partial charge in [0.1, 0.15) is 22.8 Å². The summed E-state index contributed by atoms with van der Waals surface area (Å²) in [7, 11) is -14.7. The Kier molecular flexibility index (Phi) is 24.2. The molecule has 0 aliphatic rings. The highest BCUT2D eigenvalue weighted by Crippen LogP contribution is 2.38. The minimum atomic E-state index is -3.70. The molecule has 0 amide bonds. The lowest BCUT2D eigenvalue weighted by atomic mass is 9.94. The Balaban J connectivity index is 0.000000161. The molecular weight excluding hydrogens is 1390 g/mol. The lowest BCUT2D eigenvalue weighted by molar-refractivity contribution is 0.479. The van der Waals surface area contributed by atoms with Crippen LogP contribution >= 0.6 is 0 Å². The minimum Gasteiger partial charge on any atom is -0.360 e. The number of aromatic nitrogens is 8. The first kappa shape index (κ1) is 77.2. The zero-order valence-corrected chi connectivity index (χ0v) is 63.9. The Labute approximate surface area is 609 Å². The standard InChI is InChI=1S/C23H26N2O3S.C21H22N2O3S.C19H18N2O3S.C17H14N2O3S/c1-13-8-19(9-14(2)17(13)5)22-23(20-10-15(3)18(6)16(4)11-20)25-21(12-24-22)28-29(7,26)27;1-13-6-14(2)9-17(8-13)20-21(18-10-15(3)7-16(4)11-18)23-19(12-22-20)26-27(5,24)25;1-13-8-4-6-10-15(13)18-19(16-11-7-5-9-14(16)2)21-17(12-20-18)24-25(3,22)23;1-23(20,21)22-15-12-18-16(13-8-4-2-5-9-13)17(19-15)14-10-6-3-7-11-14/h8-12H,1-7H3;6-12H,1-5H3;4-12H,1-3H3;2-12H,1H3. The number of benzene rings is 8. The van der Waals surface area contributed by atoms with Crippen molar-refractivity contribution in [2.75, 3.05) is 25.0 Å². The van der Waals surface area contributed by atoms with Crippen LogP contribution in [0.3, 0.4) is 0 Å². The molecule has 12 rings (SSSR count). The average molecular weight is 1470 g/mol. The monoisotopic (exact) mass is 1470 g/mol. The third-order valence-electron chi connectivity index (χ3n) is 16.2. The van der Waals surface area contributed by atoms with Gasteiger partial charge in [-0.15, -0.1) is 0 Å². The van der Waals surface area contributed by atoms with Crippen LogP contribution in [0.1, 0.15) is 66.8 Å². The number of hydrogen-bond acceptors (Lipinski definition) is 20. The highest BCUT2D eigenvalue weighted by atomic mass is 32.2. The third kappa shape index (κ3) is 21.1. The van der Waals surface area contributed by atoms with Crippen LogP contribution in [0.15, 0.2) is 195 Å². The number of hydrogen-bond donors (Lipinski definition) is 0. The minimum absolute atomic E-state index is 0.0392. The third-order valence-corrected chi connectivity index (χ3v) is 18.1. The SMILES string of the molecule is CS(=O)(=O)Oc1cnc(-c2ccccc2)c(-c2ccccc2)n1.Cc1cc(-c2ncc(OS(C)(=O)=O)nc2-c2cc(C)c(C)c(C)c2)cc(C)c1C.Cc1cc(C)cc(-c2ncc(OS(C)(=O)=O)nc2-c2cc(C)cc(C)c2)c1.Cc1ccccc1-c1ncc(OS(C)(=O)=O)nc1-c1ccccc1C. The molecule has 0 radical (unpaired) electrons. The largest absolute Gasteiger partial charge is 0.360 e. The van der Waals surface area contributed by atoms with Crippen LogP contribution in [-0.4, -0.2) is 98.6 Å². The summed E-state index contributed by atoms with van der Waals surface area (Å²) < 4.78 is 111. The van der Waals surface area contributed by atoms with Gasteiger partial charge in [-0.25, -0.2) is 39.9 Å². The van der Waals surface area contributed by atoms with Gasteiger partial charge in [0.25, 0.3) is 23.5 Å². The Morgan fingerprint density at radius 1 is 0.240 bits per heavy atom. The van der Waals surface area contributed by atoms with E-state index in [1.165, 1.54) is 47.0 Å². The second kappa shape index (κ2) is 32.6. The van der Waals surface area contributed by atoms with E-state index in [0.717, 1.165) is 114 Å². The van der Waals surface area contributed by atoms with Gasteiger partial charge in [0, 0.05) is 44.5 Å². The molecule has 0 saturated heterocycles. The molecule has 4 aromatic heterocycles. The summed E-state index contributed by atoms with van der Waals surface area (Å²) in [6, 6.07) is 55.2. The Morgan fingerprint density at radius 2 is 0.481 bits per heavy atom. The summed E-state index contributed by atoms with van der Waals surface area (Å²) in [4.78, 5) is 35.7. The summed E-state index contributed by atoms with van der Waals surface area (Å²) in [6.45, 7) is 24.5. The second-order valence-corrected chi connectivity index (χ2v) is 31.7. The van der Waals surface area contributed by atoms with E-state index in [0.29, 0.717) is 45.6 Å². The molecule has 0 bridgehead atoms. The molecule has 0 N–H and O–H groups in total. The average Bonchev–Trinajstić information content (AvgIpc) is 0.768. The summed E-state index contributed by atoms with van der Waals surface area (Å²) in [5, 5.41) is 0. The fourth-order valence-corrected chi connectivity index (χ4v) is 12.9. The molecule has 0 saturated carbocycles. The van der Waals surface area contributed by atoms with Gasteiger partial charge in [-0.05, 0) is 176 Å². The van der Waals surface area contributed by atoms with Gasteiger partial charge in [-0.3, -0.25) is 0 Å². The van der Waals surface area contributed by atoms with Gasteiger partial charge < -0.3 is 16.7 Å². The molecule has 0 aliphatic carbocycles. The Hall–Kier alpha value is -10.9. The molecule has 0 atom stereocenters. The second-order valence-electron chi connectivity index (χ2n) is 25.4. The molecule has 24 heteroatoms. The molecule has 20 nitrogen and oxygen atoms in total. The molecule has 12 aromatic rings. The zero-order valence-electron chi connectivity index (χ0n) is 60.6. The smallest absolute Gasteiger partial charge is 0.307 e. The molecule has 0 spiro atoms. The first-order valence-corrected chi connectivity index (χ1v) is 39.8. The van der Waals surface area contributed by atoms with Crippen molar-refractivity contribution in [1.82, 2.24) is 39.9 Å². The van der Waals surface area contributed by atoms with Crippen molar-refractivity contribution in [2.24, 2.45) is 0 Å². The Bertz CT molecular complexity index is 5590. The lowest BCUT2D eigenvalue weighted by Gasteiger charge is -2.15. The number of nitrogens with zero attached hydrogens (tertiary/aromatic N) is 8. The van der Waals surface area contributed by atoms with E-state index in [-0.39, 0.29) is 23.5 Å². The fraction of sp³-hybridized carbons (Fsp3) is 0.200. The van der Waals surface area contributed by atoms with Crippen LogP contribution < -0.4 is 16.7 Å². The van der Waals surface area contributed by atoms with Crippen molar-refractivity contribution in [3.05, 3.63) is 261 Å². The van der Waals surface area contributed by atoms with Gasteiger partial charge in [0.05, 0.1) is 72.6 Å². The van der Waals surface area contributed by atoms with Crippen molar-refractivity contribution >= 4 is 40.5 Å². The summed E-state index contributed by atoms with van der Waals surface area (Å²) >= 11 is 0. The highest BCUT2D eigenvalue weighted by molar-refractivity contribution is 7.87. The molecule has 104 heavy (non-hydrogen) atoms. The van der Waals surface area contributed by atoms with E-state index in [1.807, 2.05) is 187 Å². The summed E-state index contributed by atoms with van der Waals surface area (Å²) in [6.07, 6.45) is 9.30. The van der Waals surface area contributed by atoms with Gasteiger partial charge in [0.15, 0.2) is 0 Å². The lowest BCUT2D eigenvalue weighted by Crippen LogP contribution is -2.08. The number of rotatable bonds is 16. The van der Waals surface area contributed by atoms with Crippen LogP contribution in [0.2, 0.25) is 0 Å². The van der Waals surface area contributed by atoms with Crippen molar-refractivity contribution < 1.29 is 50.4 Å². The molecule has 0 unspecified atom stereocenters. The van der Waals surface area contributed by atoms with Crippen LogP contribution in [0.25, 0.3) is 90.1 Å². The predicted molar refractivity (Wildman–Crippen MR) is 410 cm³/mol. The molecule has 8 aromatic carbocycles. The van der Waals surface area contributed by atoms with Gasteiger partial charge in [0.2, 0.25) is 0 Å². The molecular formula is C80H80N8O12S4. The zero-order chi connectivity index (χ0) is 75.6. The maximum atomic E-state index is 11.6.